The lowest BCUT2D eigenvalue weighted by atomic mass is 9.77. The van der Waals surface area contributed by atoms with Crippen LogP contribution in [0, 0.1) is 0 Å². The van der Waals surface area contributed by atoms with Crippen LogP contribution in [0.5, 0.6) is 5.75 Å². The van der Waals surface area contributed by atoms with Crippen molar-refractivity contribution in [2.45, 2.75) is 81.7 Å². The lowest BCUT2D eigenvalue weighted by Crippen LogP contribution is -2.39. The molecule has 0 spiro atoms. The summed E-state index contributed by atoms with van der Waals surface area (Å²) in [6.45, 7) is 16.1. The molecule has 0 saturated heterocycles. The summed E-state index contributed by atoms with van der Waals surface area (Å²) in [5, 5.41) is 0. The van der Waals surface area contributed by atoms with E-state index in [0.29, 0.717) is 5.92 Å². The summed E-state index contributed by atoms with van der Waals surface area (Å²) in [4.78, 5) is 0. The van der Waals surface area contributed by atoms with Gasteiger partial charge in [-0.3, -0.25) is 0 Å². The normalized spacial score (nSPS) is 21.3. The number of halogens is 1. The van der Waals surface area contributed by atoms with Crippen molar-refractivity contribution in [2.24, 2.45) is 0 Å². The number of alkyl halides is 1. The zero-order chi connectivity index (χ0) is 20.0. The lowest BCUT2D eigenvalue weighted by molar-refractivity contribution is 0.129. The number of benzene rings is 2. The van der Waals surface area contributed by atoms with E-state index in [0.717, 1.165) is 18.6 Å². The first-order valence-corrected chi connectivity index (χ1v) is 11.1. The van der Waals surface area contributed by atoms with Crippen LogP contribution >= 0.6 is 22.6 Å². The molecule has 27 heavy (non-hydrogen) atoms. The monoisotopic (exact) mass is 476 g/mol. The van der Waals surface area contributed by atoms with Crippen molar-refractivity contribution in [3.63, 3.8) is 0 Å². The maximum atomic E-state index is 6.85. The number of ether oxygens (including phenoxy) is 1. The highest BCUT2D eigenvalue weighted by Crippen LogP contribution is 2.49. The van der Waals surface area contributed by atoms with Crippen LogP contribution in [0.15, 0.2) is 42.5 Å². The molecule has 1 aliphatic rings. The molecule has 146 valence electrons. The standard InChI is InChI=1S/C25H33IO/c1-17(18-11-9-8-10-12-18)25(26)14-13-19-15-20(23(2,3)4)16-21(22(19)27-25)24(5,6)7/h8-12,15-17H,13-14H2,1-7H3. The van der Waals surface area contributed by atoms with Crippen LogP contribution in [-0.4, -0.2) is 3.61 Å². The molecule has 1 heterocycles. The molecule has 2 aromatic rings. The largest absolute Gasteiger partial charge is 0.476 e. The Kier molecular flexibility index (Phi) is 5.44. The molecule has 0 fully saturated rings. The SMILES string of the molecule is CC(c1ccccc1)C1(I)CCc2cc(C(C)(C)C)cc(C(C)(C)C)c2O1. The fourth-order valence-corrected chi connectivity index (χ4v) is 4.66. The van der Waals surface area contributed by atoms with Crippen molar-refractivity contribution in [3.05, 3.63) is 64.7 Å². The molecule has 0 aliphatic carbocycles. The minimum atomic E-state index is -0.213. The van der Waals surface area contributed by atoms with Gasteiger partial charge in [0.2, 0.25) is 0 Å². The molecule has 0 saturated carbocycles. The lowest BCUT2D eigenvalue weighted by Gasteiger charge is -2.41. The van der Waals surface area contributed by atoms with Crippen molar-refractivity contribution in [2.75, 3.05) is 0 Å². The summed E-state index contributed by atoms with van der Waals surface area (Å²) in [6.07, 6.45) is 2.11. The Bertz CT molecular complexity index is 811. The molecule has 2 heteroatoms. The van der Waals surface area contributed by atoms with Crippen LogP contribution in [0.25, 0.3) is 0 Å². The molecule has 1 nitrogen and oxygen atoms in total. The van der Waals surface area contributed by atoms with Gasteiger partial charge in [0.05, 0.1) is 0 Å². The zero-order valence-electron chi connectivity index (χ0n) is 17.8. The number of fused-ring (bicyclic) bond motifs is 1. The van der Waals surface area contributed by atoms with Crippen LogP contribution in [0.4, 0.5) is 0 Å². The van der Waals surface area contributed by atoms with E-state index in [1.54, 1.807) is 0 Å². The number of hydrogen-bond acceptors (Lipinski definition) is 1. The Balaban J connectivity index is 2.07. The van der Waals surface area contributed by atoms with Crippen LogP contribution in [0.2, 0.25) is 0 Å². The summed E-state index contributed by atoms with van der Waals surface area (Å²) in [7, 11) is 0. The van der Waals surface area contributed by atoms with E-state index < -0.39 is 0 Å². The van der Waals surface area contributed by atoms with Crippen LogP contribution in [-0.2, 0) is 17.3 Å². The Labute approximate surface area is 179 Å². The minimum Gasteiger partial charge on any atom is -0.476 e. The van der Waals surface area contributed by atoms with Gasteiger partial charge in [0, 0.05) is 17.9 Å². The first-order valence-electron chi connectivity index (χ1n) is 10.0. The minimum absolute atomic E-state index is 0.0518. The second-order valence-electron chi connectivity index (χ2n) is 10.0. The van der Waals surface area contributed by atoms with Gasteiger partial charge in [-0.15, -0.1) is 0 Å². The van der Waals surface area contributed by atoms with E-state index in [1.807, 2.05) is 0 Å². The summed E-state index contributed by atoms with van der Waals surface area (Å²) >= 11 is 2.56. The zero-order valence-corrected chi connectivity index (χ0v) is 20.0. The van der Waals surface area contributed by atoms with Gasteiger partial charge in [0.15, 0.2) is 3.61 Å². The second-order valence-corrected chi connectivity index (χ2v) is 11.9. The van der Waals surface area contributed by atoms with E-state index in [2.05, 4.69) is 114 Å². The van der Waals surface area contributed by atoms with Gasteiger partial charge >= 0.3 is 0 Å². The maximum absolute atomic E-state index is 6.85. The highest BCUT2D eigenvalue weighted by molar-refractivity contribution is 14.1. The van der Waals surface area contributed by atoms with Gasteiger partial charge < -0.3 is 4.74 Å². The quantitative estimate of drug-likeness (QED) is 0.321. The van der Waals surface area contributed by atoms with Crippen molar-refractivity contribution in [1.29, 1.82) is 0 Å². The molecule has 1 aliphatic heterocycles. The predicted octanol–water partition coefficient (Wildman–Crippen LogP) is 7.54. The fraction of sp³-hybridized carbons (Fsp3) is 0.520. The topological polar surface area (TPSA) is 9.23 Å². The summed E-state index contributed by atoms with van der Waals surface area (Å²) in [5.41, 5.74) is 5.66. The Morgan fingerprint density at radius 3 is 2.15 bits per heavy atom. The third-order valence-corrected chi connectivity index (χ3v) is 7.49. The van der Waals surface area contributed by atoms with Crippen LogP contribution in [0.1, 0.15) is 83.1 Å². The Morgan fingerprint density at radius 1 is 0.963 bits per heavy atom. The number of hydrogen-bond donors (Lipinski definition) is 0. The van der Waals surface area contributed by atoms with E-state index >= 15 is 0 Å². The molecule has 2 aromatic carbocycles. The summed E-state index contributed by atoms with van der Waals surface area (Å²) < 4.78 is 6.63. The molecule has 0 radical (unpaired) electrons. The Morgan fingerprint density at radius 2 is 1.59 bits per heavy atom. The second kappa shape index (κ2) is 7.09. The fourth-order valence-electron chi connectivity index (χ4n) is 3.81. The third-order valence-electron chi connectivity index (χ3n) is 5.79. The summed E-state index contributed by atoms with van der Waals surface area (Å²) in [6, 6.07) is 15.5. The molecule has 3 rings (SSSR count). The van der Waals surface area contributed by atoms with Crippen molar-refractivity contribution < 1.29 is 4.74 Å². The van der Waals surface area contributed by atoms with Crippen molar-refractivity contribution >= 4 is 22.6 Å². The Hall–Kier alpha value is -1.03. The molecule has 0 N–H and O–H groups in total. The average Bonchev–Trinajstić information content (AvgIpc) is 2.59. The first-order chi connectivity index (χ1) is 12.4. The van der Waals surface area contributed by atoms with Gasteiger partial charge in [-0.2, -0.15) is 0 Å². The van der Waals surface area contributed by atoms with E-state index in [9.17, 15) is 0 Å². The van der Waals surface area contributed by atoms with Gasteiger partial charge in [0.25, 0.3) is 0 Å². The highest BCUT2D eigenvalue weighted by Gasteiger charge is 2.41. The predicted molar refractivity (Wildman–Crippen MR) is 124 cm³/mol. The van der Waals surface area contributed by atoms with Crippen molar-refractivity contribution in [1.82, 2.24) is 0 Å². The molecule has 0 amide bonds. The van der Waals surface area contributed by atoms with E-state index in [4.69, 9.17) is 4.74 Å². The third kappa shape index (κ3) is 4.21. The number of aryl methyl sites for hydroxylation is 1. The van der Waals surface area contributed by atoms with Gasteiger partial charge in [-0.05, 0) is 56.5 Å². The van der Waals surface area contributed by atoms with Crippen LogP contribution < -0.4 is 4.74 Å². The van der Waals surface area contributed by atoms with Gasteiger partial charge in [-0.1, -0.05) is 90.9 Å². The maximum Gasteiger partial charge on any atom is 0.166 e. The first kappa shape index (κ1) is 20.7. The molecule has 0 aromatic heterocycles. The average molecular weight is 476 g/mol. The van der Waals surface area contributed by atoms with Gasteiger partial charge in [-0.25, -0.2) is 0 Å². The molecule has 2 unspecified atom stereocenters. The smallest absolute Gasteiger partial charge is 0.166 e. The van der Waals surface area contributed by atoms with E-state index in [-0.39, 0.29) is 14.4 Å². The highest BCUT2D eigenvalue weighted by atomic mass is 127. The van der Waals surface area contributed by atoms with Crippen molar-refractivity contribution in [3.8, 4) is 5.75 Å². The molecular weight excluding hydrogens is 443 g/mol. The summed E-state index contributed by atoms with van der Waals surface area (Å²) in [5.74, 6) is 1.46. The van der Waals surface area contributed by atoms with Gasteiger partial charge in [0.1, 0.15) is 5.75 Å². The molecule has 2 atom stereocenters. The molecule has 0 bridgehead atoms. The molecular formula is C25H33IO. The van der Waals surface area contributed by atoms with Crippen LogP contribution in [0.3, 0.4) is 0 Å². The van der Waals surface area contributed by atoms with E-state index in [1.165, 1.54) is 22.3 Å². The number of rotatable bonds is 2.